The average molecular weight is 760 g/mol. The molecular formula is C45H55F2N9. The Kier molecular flexibility index (Phi) is 10.7. The summed E-state index contributed by atoms with van der Waals surface area (Å²) in [7, 11) is 1.83. The topological polar surface area (TPSA) is 90.8 Å². The fraction of sp³-hybridized carbons (Fsp3) is 0.444. The van der Waals surface area contributed by atoms with Crippen LogP contribution in [0.25, 0.3) is 22.3 Å². The van der Waals surface area contributed by atoms with Crippen molar-refractivity contribution in [1.82, 2.24) is 24.3 Å². The van der Waals surface area contributed by atoms with Gasteiger partial charge in [0.2, 0.25) is 5.95 Å². The third kappa shape index (κ3) is 7.70. The van der Waals surface area contributed by atoms with Crippen LogP contribution in [0.5, 0.6) is 0 Å². The highest BCUT2D eigenvalue weighted by atomic mass is 19.1. The lowest BCUT2D eigenvalue weighted by atomic mass is 9.97. The molecule has 11 heteroatoms. The Morgan fingerprint density at radius 1 is 0.964 bits per heavy atom. The lowest BCUT2D eigenvalue weighted by molar-refractivity contribution is 0.0745. The number of aliphatic imine (C=N–C) groups is 1. The fourth-order valence-corrected chi connectivity index (χ4v) is 9.56. The Bertz CT molecular complexity index is 2170. The van der Waals surface area contributed by atoms with E-state index in [1.165, 1.54) is 30.5 Å². The highest BCUT2D eigenvalue weighted by molar-refractivity contribution is 6.23. The van der Waals surface area contributed by atoms with Crippen molar-refractivity contribution in [2.24, 2.45) is 22.6 Å². The first-order valence-corrected chi connectivity index (χ1v) is 20.3. The largest absolute Gasteiger partial charge is 0.404 e. The van der Waals surface area contributed by atoms with Gasteiger partial charge in [0.05, 0.1) is 16.7 Å². The molecule has 2 aromatic carbocycles. The molecule has 0 aliphatic carbocycles. The molecule has 0 saturated carbocycles. The van der Waals surface area contributed by atoms with Crippen LogP contribution in [0.1, 0.15) is 74.4 Å². The van der Waals surface area contributed by atoms with E-state index < -0.39 is 11.6 Å². The van der Waals surface area contributed by atoms with Gasteiger partial charge in [-0.25, -0.2) is 13.8 Å². The number of rotatable bonds is 5. The van der Waals surface area contributed by atoms with Crippen LogP contribution in [-0.2, 0) is 13.1 Å². The maximum absolute atomic E-state index is 14.0. The molecule has 3 saturated heterocycles. The Balaban J connectivity index is 0.997. The number of likely N-dealkylation sites (tertiary alicyclic amines) is 1. The molecule has 294 valence electrons. The number of anilines is 2. The molecule has 0 amide bonds. The molecule has 2 aromatic heterocycles. The van der Waals surface area contributed by atoms with Crippen LogP contribution < -0.4 is 16.0 Å². The van der Waals surface area contributed by atoms with Crippen molar-refractivity contribution in [2.75, 3.05) is 43.4 Å². The SMILES string of the molecule is C=C1Nc2nc3ccc(CN4C5CCC4CN(C(=C)C4CCN(c6cc(F)cc(F)c6)C4)C5)cc3n2C[C@H](C)CCCCC(=NC)C(=CN)c2cc1cc(C)n2. The van der Waals surface area contributed by atoms with E-state index in [1.54, 1.807) is 6.20 Å². The third-order valence-electron chi connectivity index (χ3n) is 12.5. The molecule has 3 N–H and O–H groups in total. The van der Waals surface area contributed by atoms with Gasteiger partial charge in [-0.2, -0.15) is 0 Å². The van der Waals surface area contributed by atoms with Crippen molar-refractivity contribution in [3.63, 3.8) is 0 Å². The number of aryl methyl sites for hydroxylation is 1. The van der Waals surface area contributed by atoms with Crippen molar-refractivity contribution in [2.45, 2.75) is 84.0 Å². The minimum absolute atomic E-state index is 0.274. The summed E-state index contributed by atoms with van der Waals surface area (Å²) in [5.74, 6) is 0.439. The Labute approximate surface area is 329 Å². The molecule has 0 spiro atoms. The molecule has 3 fully saturated rings. The van der Waals surface area contributed by atoms with E-state index >= 15 is 0 Å². The van der Waals surface area contributed by atoms with Gasteiger partial charge < -0.3 is 25.4 Å². The van der Waals surface area contributed by atoms with Crippen LogP contribution in [0.3, 0.4) is 0 Å². The van der Waals surface area contributed by atoms with Crippen LogP contribution in [0, 0.1) is 30.4 Å². The van der Waals surface area contributed by atoms with E-state index in [-0.39, 0.29) is 5.92 Å². The van der Waals surface area contributed by atoms with Gasteiger partial charge in [-0.05, 0) is 93.3 Å². The summed E-state index contributed by atoms with van der Waals surface area (Å²) < 4.78 is 30.3. The number of fused-ring (bicyclic) bond motifs is 7. The predicted octanol–water partition coefficient (Wildman–Crippen LogP) is 8.37. The second-order valence-electron chi connectivity index (χ2n) is 16.5. The monoisotopic (exact) mass is 759 g/mol. The van der Waals surface area contributed by atoms with Gasteiger partial charge in [0.1, 0.15) is 11.6 Å². The molecule has 4 atom stereocenters. The first-order chi connectivity index (χ1) is 27.1. The molecule has 4 aliphatic heterocycles. The van der Waals surface area contributed by atoms with E-state index in [9.17, 15) is 8.78 Å². The molecule has 0 radical (unpaired) electrons. The zero-order valence-corrected chi connectivity index (χ0v) is 33.1. The molecule has 3 unspecified atom stereocenters. The number of aromatic nitrogens is 3. The van der Waals surface area contributed by atoms with Gasteiger partial charge in [-0.15, -0.1) is 0 Å². The van der Waals surface area contributed by atoms with Gasteiger partial charge in [-0.1, -0.05) is 32.6 Å². The number of pyridine rings is 1. The van der Waals surface area contributed by atoms with Crippen molar-refractivity contribution in [3.8, 4) is 0 Å². The standard InChI is InChI=1S/C45H55F2N9/c1-28-8-6-7-9-41(49-5)40(22-48)43-18-34(16-29(2)50-43)30(3)51-45-52-42-13-10-32(17-44(42)56(45)23-28)24-55-37-11-12-38(55)27-54(26-37)31(4)33-14-15-53(25-33)39-20-35(46)19-36(47)21-39/h10,13,16-22,28,33,37-38H,3-4,6-9,11-12,14-15,23-27,48H2,1-2,5H3,(H,51,52)/t28-,33?,37?,38?/m1/s1. The van der Waals surface area contributed by atoms with Crippen LogP contribution in [0.4, 0.5) is 20.4 Å². The van der Waals surface area contributed by atoms with Gasteiger partial charge in [0.25, 0.3) is 0 Å². The third-order valence-corrected chi connectivity index (χ3v) is 12.5. The summed E-state index contributed by atoms with van der Waals surface area (Å²) in [5.41, 5.74) is 16.6. The lowest BCUT2D eigenvalue weighted by Gasteiger charge is -2.44. The summed E-state index contributed by atoms with van der Waals surface area (Å²) >= 11 is 0. The minimum atomic E-state index is -0.534. The molecular weight excluding hydrogens is 705 g/mol. The molecule has 9 nitrogen and oxygen atoms in total. The molecule has 6 heterocycles. The van der Waals surface area contributed by atoms with Crippen LogP contribution in [0.2, 0.25) is 0 Å². The van der Waals surface area contributed by atoms with Gasteiger partial charge >= 0.3 is 0 Å². The smallest absolute Gasteiger partial charge is 0.208 e. The summed E-state index contributed by atoms with van der Waals surface area (Å²) in [4.78, 5) is 21.9. The normalized spacial score (nSPS) is 25.1. The highest BCUT2D eigenvalue weighted by Crippen LogP contribution is 2.37. The molecule has 56 heavy (non-hydrogen) atoms. The molecule has 8 rings (SSSR count). The maximum Gasteiger partial charge on any atom is 0.208 e. The number of imidazole rings is 1. The summed E-state index contributed by atoms with van der Waals surface area (Å²) in [6, 6.07) is 15.5. The number of halogens is 2. The van der Waals surface area contributed by atoms with E-state index in [0.717, 1.165) is 134 Å². The van der Waals surface area contributed by atoms with Crippen molar-refractivity contribution in [1.29, 1.82) is 0 Å². The van der Waals surface area contributed by atoms with Crippen LogP contribution >= 0.6 is 0 Å². The number of hydrogen-bond donors (Lipinski definition) is 2. The second kappa shape index (κ2) is 15.8. The first kappa shape index (κ1) is 37.9. The number of piperazine rings is 1. The van der Waals surface area contributed by atoms with E-state index in [1.807, 2.05) is 26.1 Å². The van der Waals surface area contributed by atoms with E-state index in [4.69, 9.17) is 15.7 Å². The second-order valence-corrected chi connectivity index (χ2v) is 16.5. The maximum atomic E-state index is 14.0. The van der Waals surface area contributed by atoms with E-state index in [2.05, 4.69) is 67.9 Å². The van der Waals surface area contributed by atoms with Crippen molar-refractivity contribution in [3.05, 3.63) is 108 Å². The lowest BCUT2D eigenvalue weighted by Crippen LogP contribution is -2.53. The average Bonchev–Trinajstić information content (AvgIpc) is 3.85. The number of nitrogens with one attached hydrogen (secondary N) is 1. The minimum Gasteiger partial charge on any atom is -0.404 e. The number of nitrogens with zero attached hydrogens (tertiary/aromatic N) is 7. The number of benzene rings is 2. The molecule has 4 aromatic rings. The summed E-state index contributed by atoms with van der Waals surface area (Å²) in [6.45, 7) is 18.5. The fourth-order valence-electron chi connectivity index (χ4n) is 9.56. The molecule has 4 aliphatic rings. The summed E-state index contributed by atoms with van der Waals surface area (Å²) in [5, 5.41) is 3.60. The van der Waals surface area contributed by atoms with Gasteiger partial charge in [-0.3, -0.25) is 14.9 Å². The molecule has 4 bridgehead atoms. The number of nitrogens with two attached hydrogens (primary N) is 1. The first-order valence-electron chi connectivity index (χ1n) is 20.3. The number of allylic oxidation sites excluding steroid dienone is 1. The van der Waals surface area contributed by atoms with Crippen molar-refractivity contribution < 1.29 is 8.78 Å². The predicted molar refractivity (Wildman–Crippen MR) is 224 cm³/mol. The zero-order chi connectivity index (χ0) is 39.1. The van der Waals surface area contributed by atoms with Gasteiger partial charge in [0, 0.05) is 116 Å². The zero-order valence-electron chi connectivity index (χ0n) is 33.1. The Morgan fingerprint density at radius 2 is 1.73 bits per heavy atom. The van der Waals surface area contributed by atoms with E-state index in [0.29, 0.717) is 23.7 Å². The van der Waals surface area contributed by atoms with Gasteiger partial charge in [0.15, 0.2) is 0 Å². The number of hydrogen-bond acceptors (Lipinski definition) is 8. The van der Waals surface area contributed by atoms with Crippen molar-refractivity contribution >= 4 is 39.7 Å². The Morgan fingerprint density at radius 3 is 2.46 bits per heavy atom. The highest BCUT2D eigenvalue weighted by Gasteiger charge is 2.41. The quantitative estimate of drug-likeness (QED) is 0.211. The summed E-state index contributed by atoms with van der Waals surface area (Å²) in [6.07, 6.45) is 8.97. The van der Waals surface area contributed by atoms with Crippen LogP contribution in [0.15, 0.2) is 78.6 Å². The van der Waals surface area contributed by atoms with Crippen LogP contribution in [-0.4, -0.2) is 75.4 Å². The Hall–Kier alpha value is -5.03.